The zero-order chi connectivity index (χ0) is 8.32. The van der Waals surface area contributed by atoms with Gasteiger partial charge in [-0.15, -0.1) is 12.4 Å². The summed E-state index contributed by atoms with van der Waals surface area (Å²) < 4.78 is 12.5. The molecular formula is C9H19ClFN. The minimum absolute atomic E-state index is 0. The van der Waals surface area contributed by atoms with Crippen molar-refractivity contribution in [2.24, 2.45) is 11.3 Å². The summed E-state index contributed by atoms with van der Waals surface area (Å²) in [6.45, 7) is 6.01. The number of alkyl halides is 1. The summed E-state index contributed by atoms with van der Waals surface area (Å²) in [6, 6.07) is 0. The van der Waals surface area contributed by atoms with E-state index in [1.807, 2.05) is 13.8 Å². The fraction of sp³-hybridized carbons (Fsp3) is 1.00. The van der Waals surface area contributed by atoms with Crippen molar-refractivity contribution in [3.05, 3.63) is 0 Å². The van der Waals surface area contributed by atoms with Gasteiger partial charge < -0.3 is 5.32 Å². The standard InChI is InChI=1S/C9H18FN.ClH/c1-9(2,7-10)8-3-5-11-6-4-8;/h8,11H,3-7H2,1-2H3;1H. The number of hydrogen-bond donors (Lipinski definition) is 1. The van der Waals surface area contributed by atoms with Gasteiger partial charge in [0.2, 0.25) is 0 Å². The minimum Gasteiger partial charge on any atom is -0.317 e. The van der Waals surface area contributed by atoms with Gasteiger partial charge in [-0.2, -0.15) is 0 Å². The van der Waals surface area contributed by atoms with E-state index in [4.69, 9.17) is 0 Å². The molecule has 1 aliphatic heterocycles. The molecule has 0 aromatic heterocycles. The zero-order valence-corrected chi connectivity index (χ0v) is 8.72. The Balaban J connectivity index is 0.00000121. The Hall–Kier alpha value is 0.180. The maximum absolute atomic E-state index is 12.5. The molecule has 12 heavy (non-hydrogen) atoms. The van der Waals surface area contributed by atoms with Gasteiger partial charge in [0.1, 0.15) is 0 Å². The lowest BCUT2D eigenvalue weighted by Gasteiger charge is -2.34. The van der Waals surface area contributed by atoms with Crippen molar-refractivity contribution in [3.8, 4) is 0 Å². The van der Waals surface area contributed by atoms with Crippen LogP contribution in [0, 0.1) is 11.3 Å². The van der Waals surface area contributed by atoms with Gasteiger partial charge >= 0.3 is 0 Å². The van der Waals surface area contributed by atoms with Crippen LogP contribution in [-0.4, -0.2) is 19.8 Å². The molecule has 1 rings (SSSR count). The van der Waals surface area contributed by atoms with Crippen molar-refractivity contribution < 1.29 is 4.39 Å². The second-order valence-electron chi connectivity index (χ2n) is 4.15. The van der Waals surface area contributed by atoms with Crippen LogP contribution in [0.5, 0.6) is 0 Å². The van der Waals surface area contributed by atoms with Crippen molar-refractivity contribution in [1.82, 2.24) is 5.32 Å². The summed E-state index contributed by atoms with van der Waals surface area (Å²) >= 11 is 0. The molecule has 1 aliphatic rings. The summed E-state index contributed by atoms with van der Waals surface area (Å²) in [6.07, 6.45) is 2.27. The van der Waals surface area contributed by atoms with E-state index in [9.17, 15) is 4.39 Å². The van der Waals surface area contributed by atoms with Crippen LogP contribution in [0.2, 0.25) is 0 Å². The zero-order valence-electron chi connectivity index (χ0n) is 7.90. The van der Waals surface area contributed by atoms with E-state index in [0.717, 1.165) is 25.9 Å². The van der Waals surface area contributed by atoms with Gasteiger partial charge in [-0.3, -0.25) is 4.39 Å². The Bertz CT molecular complexity index is 122. The minimum atomic E-state index is -0.183. The molecule has 0 aromatic carbocycles. The van der Waals surface area contributed by atoms with Crippen molar-refractivity contribution in [2.75, 3.05) is 19.8 Å². The molecule has 0 radical (unpaired) electrons. The second-order valence-corrected chi connectivity index (χ2v) is 4.15. The highest BCUT2D eigenvalue weighted by atomic mass is 35.5. The average Bonchev–Trinajstić information content (AvgIpc) is 2.06. The lowest BCUT2D eigenvalue weighted by Crippen LogP contribution is -2.36. The third-order valence-corrected chi connectivity index (χ3v) is 2.79. The maximum Gasteiger partial charge on any atom is 0.0948 e. The molecule has 1 nitrogen and oxygen atoms in total. The quantitative estimate of drug-likeness (QED) is 0.714. The Morgan fingerprint density at radius 2 is 1.83 bits per heavy atom. The van der Waals surface area contributed by atoms with E-state index in [2.05, 4.69) is 5.32 Å². The van der Waals surface area contributed by atoms with Crippen molar-refractivity contribution in [1.29, 1.82) is 0 Å². The van der Waals surface area contributed by atoms with E-state index in [0.29, 0.717) is 5.92 Å². The van der Waals surface area contributed by atoms with Crippen molar-refractivity contribution in [2.45, 2.75) is 26.7 Å². The Morgan fingerprint density at radius 1 is 1.33 bits per heavy atom. The Morgan fingerprint density at radius 3 is 2.25 bits per heavy atom. The van der Waals surface area contributed by atoms with Crippen LogP contribution in [0.15, 0.2) is 0 Å². The fourth-order valence-electron chi connectivity index (χ4n) is 1.71. The first-order chi connectivity index (χ1) is 5.17. The third kappa shape index (κ3) is 2.91. The van der Waals surface area contributed by atoms with E-state index in [1.54, 1.807) is 0 Å². The maximum atomic E-state index is 12.5. The Kier molecular flexibility index (Phi) is 5.10. The summed E-state index contributed by atoms with van der Waals surface area (Å²) in [7, 11) is 0. The SMILES string of the molecule is CC(C)(CF)C1CCNCC1.Cl. The summed E-state index contributed by atoms with van der Waals surface area (Å²) in [5.74, 6) is 0.578. The van der Waals surface area contributed by atoms with Crippen LogP contribution in [-0.2, 0) is 0 Å². The van der Waals surface area contributed by atoms with Crippen molar-refractivity contribution >= 4 is 12.4 Å². The van der Waals surface area contributed by atoms with Crippen LogP contribution in [0.1, 0.15) is 26.7 Å². The van der Waals surface area contributed by atoms with Gasteiger partial charge in [0, 0.05) is 0 Å². The van der Waals surface area contributed by atoms with E-state index >= 15 is 0 Å². The fourth-order valence-corrected chi connectivity index (χ4v) is 1.71. The summed E-state index contributed by atoms with van der Waals surface area (Å²) in [5, 5.41) is 3.29. The average molecular weight is 196 g/mol. The predicted molar refractivity (Wildman–Crippen MR) is 52.6 cm³/mol. The summed E-state index contributed by atoms with van der Waals surface area (Å²) in [4.78, 5) is 0. The van der Waals surface area contributed by atoms with Gasteiger partial charge in [-0.1, -0.05) is 13.8 Å². The topological polar surface area (TPSA) is 12.0 Å². The molecule has 0 amide bonds. The monoisotopic (exact) mass is 195 g/mol. The molecule has 0 atom stereocenters. The highest BCUT2D eigenvalue weighted by Gasteiger charge is 2.30. The first kappa shape index (κ1) is 12.2. The normalized spacial score (nSPS) is 20.2. The predicted octanol–water partition coefficient (Wildman–Crippen LogP) is 2.40. The molecular weight excluding hydrogens is 177 g/mol. The number of nitrogens with one attached hydrogen (secondary N) is 1. The molecule has 0 saturated carbocycles. The lowest BCUT2D eigenvalue weighted by molar-refractivity contribution is 0.126. The molecule has 74 valence electrons. The molecule has 1 saturated heterocycles. The number of halogens is 2. The largest absolute Gasteiger partial charge is 0.317 e. The van der Waals surface area contributed by atoms with Gasteiger partial charge in [-0.25, -0.2) is 0 Å². The van der Waals surface area contributed by atoms with Gasteiger partial charge in [0.25, 0.3) is 0 Å². The van der Waals surface area contributed by atoms with E-state index in [1.165, 1.54) is 0 Å². The lowest BCUT2D eigenvalue weighted by atomic mass is 9.75. The van der Waals surface area contributed by atoms with Crippen molar-refractivity contribution in [3.63, 3.8) is 0 Å². The van der Waals surface area contributed by atoms with Crippen LogP contribution >= 0.6 is 12.4 Å². The highest BCUT2D eigenvalue weighted by molar-refractivity contribution is 5.85. The Labute approximate surface area is 80.5 Å². The molecule has 1 N–H and O–H groups in total. The highest BCUT2D eigenvalue weighted by Crippen LogP contribution is 2.33. The second kappa shape index (κ2) is 5.03. The van der Waals surface area contributed by atoms with Gasteiger partial charge in [0.05, 0.1) is 6.67 Å². The van der Waals surface area contributed by atoms with Crippen LogP contribution < -0.4 is 5.32 Å². The molecule has 0 spiro atoms. The molecule has 1 heterocycles. The molecule has 0 unspecified atom stereocenters. The smallest absolute Gasteiger partial charge is 0.0948 e. The first-order valence-corrected chi connectivity index (χ1v) is 4.43. The van der Waals surface area contributed by atoms with Crippen LogP contribution in [0.25, 0.3) is 0 Å². The molecule has 0 bridgehead atoms. The first-order valence-electron chi connectivity index (χ1n) is 4.43. The third-order valence-electron chi connectivity index (χ3n) is 2.79. The number of hydrogen-bond acceptors (Lipinski definition) is 1. The molecule has 0 aliphatic carbocycles. The molecule has 3 heteroatoms. The number of rotatable bonds is 2. The van der Waals surface area contributed by atoms with Gasteiger partial charge in [0.15, 0.2) is 0 Å². The van der Waals surface area contributed by atoms with E-state index in [-0.39, 0.29) is 24.5 Å². The molecule has 1 fully saturated rings. The van der Waals surface area contributed by atoms with E-state index < -0.39 is 0 Å². The summed E-state index contributed by atoms with van der Waals surface area (Å²) in [5.41, 5.74) is -0.0951. The van der Waals surface area contributed by atoms with Gasteiger partial charge in [-0.05, 0) is 37.3 Å². The molecule has 0 aromatic rings. The van der Waals surface area contributed by atoms with Crippen LogP contribution in [0.3, 0.4) is 0 Å². The number of piperidine rings is 1. The van der Waals surface area contributed by atoms with Crippen LogP contribution in [0.4, 0.5) is 4.39 Å².